The Labute approximate surface area is 86.7 Å². The summed E-state index contributed by atoms with van der Waals surface area (Å²) in [6.07, 6.45) is -8.03. The monoisotopic (exact) mass is 242 g/mol. The normalized spacial score (nSPS) is 12.2. The zero-order chi connectivity index (χ0) is 12.5. The summed E-state index contributed by atoms with van der Waals surface area (Å²) in [4.78, 5) is 3.24. The van der Waals surface area contributed by atoms with Crippen LogP contribution in [0.15, 0.2) is 6.20 Å². The van der Waals surface area contributed by atoms with Gasteiger partial charge in [0.25, 0.3) is 6.43 Å². The van der Waals surface area contributed by atoms with Crippen LogP contribution in [0.2, 0.25) is 0 Å². The Morgan fingerprint density at radius 2 is 1.94 bits per heavy atom. The average Bonchev–Trinajstić information content (AvgIpc) is 2.15. The first-order valence-corrected chi connectivity index (χ1v) is 4.05. The molecule has 3 N–H and O–H groups in total. The number of aromatic hydroxyl groups is 1. The highest BCUT2D eigenvalue weighted by atomic mass is 19.4. The lowest BCUT2D eigenvalue weighted by molar-refractivity contribution is -0.140. The molecule has 90 valence electrons. The summed E-state index contributed by atoms with van der Waals surface area (Å²) in [6.45, 7) is -0.566. The molecule has 1 aromatic heterocycles. The number of alkyl halides is 5. The van der Waals surface area contributed by atoms with Gasteiger partial charge < -0.3 is 10.8 Å². The van der Waals surface area contributed by atoms with Crippen LogP contribution in [-0.4, -0.2) is 10.1 Å². The Balaban J connectivity index is 3.55. The van der Waals surface area contributed by atoms with E-state index in [4.69, 9.17) is 10.8 Å². The number of aromatic nitrogens is 1. The highest BCUT2D eigenvalue weighted by molar-refractivity contribution is 5.43. The van der Waals surface area contributed by atoms with E-state index in [-0.39, 0.29) is 0 Å². The zero-order valence-corrected chi connectivity index (χ0v) is 7.72. The molecule has 0 atom stereocenters. The van der Waals surface area contributed by atoms with E-state index in [2.05, 4.69) is 4.98 Å². The van der Waals surface area contributed by atoms with Gasteiger partial charge in [0.1, 0.15) is 11.3 Å². The van der Waals surface area contributed by atoms with E-state index in [1.807, 2.05) is 0 Å². The Bertz CT molecular complexity index is 391. The predicted molar refractivity (Wildman–Crippen MR) is 43.8 cm³/mol. The quantitative estimate of drug-likeness (QED) is 0.781. The minimum Gasteiger partial charge on any atom is -0.506 e. The molecule has 0 aliphatic carbocycles. The molecule has 1 heterocycles. The van der Waals surface area contributed by atoms with Gasteiger partial charge in [-0.15, -0.1) is 0 Å². The number of nitrogens with two attached hydrogens (primary N) is 1. The summed E-state index contributed by atoms with van der Waals surface area (Å²) in [6, 6.07) is 0. The van der Waals surface area contributed by atoms with Gasteiger partial charge in [-0.05, 0) is 0 Å². The van der Waals surface area contributed by atoms with Crippen LogP contribution in [-0.2, 0) is 12.7 Å². The number of hydrogen-bond donors (Lipinski definition) is 2. The molecule has 0 aliphatic heterocycles. The van der Waals surface area contributed by atoms with Gasteiger partial charge in [-0.1, -0.05) is 0 Å². The molecular formula is C8H7F5N2O. The van der Waals surface area contributed by atoms with Crippen LogP contribution in [0.4, 0.5) is 22.0 Å². The molecule has 0 fully saturated rings. The van der Waals surface area contributed by atoms with Gasteiger partial charge in [-0.2, -0.15) is 13.2 Å². The topological polar surface area (TPSA) is 59.1 Å². The maximum atomic E-state index is 12.5. The Morgan fingerprint density at radius 1 is 1.38 bits per heavy atom. The fraction of sp³-hybridized carbons (Fsp3) is 0.375. The van der Waals surface area contributed by atoms with Gasteiger partial charge in [0.2, 0.25) is 0 Å². The third kappa shape index (κ3) is 2.21. The fourth-order valence-corrected chi connectivity index (χ4v) is 1.25. The van der Waals surface area contributed by atoms with Gasteiger partial charge in [-0.3, -0.25) is 4.98 Å². The molecule has 0 spiro atoms. The van der Waals surface area contributed by atoms with Crippen molar-refractivity contribution >= 4 is 0 Å². The second kappa shape index (κ2) is 4.20. The second-order valence-electron chi connectivity index (χ2n) is 2.88. The molecule has 0 amide bonds. The van der Waals surface area contributed by atoms with Crippen molar-refractivity contribution in [2.24, 2.45) is 5.73 Å². The van der Waals surface area contributed by atoms with Crippen molar-refractivity contribution in [2.45, 2.75) is 19.1 Å². The molecule has 3 nitrogen and oxygen atoms in total. The molecular weight excluding hydrogens is 235 g/mol. The van der Waals surface area contributed by atoms with Gasteiger partial charge in [0, 0.05) is 6.54 Å². The first-order chi connectivity index (χ1) is 7.29. The zero-order valence-electron chi connectivity index (χ0n) is 7.72. The van der Waals surface area contributed by atoms with Crippen LogP contribution >= 0.6 is 0 Å². The van der Waals surface area contributed by atoms with E-state index in [0.717, 1.165) is 0 Å². The van der Waals surface area contributed by atoms with Crippen molar-refractivity contribution in [1.29, 1.82) is 0 Å². The standard InChI is InChI=1S/C8H7F5N2O/c9-7(10)5-3(1-14)15-2-4(16)6(5)8(11,12)13/h2,7,16H,1,14H2. The summed E-state index contributed by atoms with van der Waals surface area (Å²) in [7, 11) is 0. The van der Waals surface area contributed by atoms with E-state index >= 15 is 0 Å². The number of nitrogens with zero attached hydrogens (tertiary/aromatic N) is 1. The van der Waals surface area contributed by atoms with Gasteiger partial charge >= 0.3 is 6.18 Å². The van der Waals surface area contributed by atoms with E-state index in [9.17, 15) is 22.0 Å². The molecule has 8 heteroatoms. The van der Waals surface area contributed by atoms with E-state index in [0.29, 0.717) is 6.20 Å². The second-order valence-corrected chi connectivity index (χ2v) is 2.88. The summed E-state index contributed by atoms with van der Waals surface area (Å²) >= 11 is 0. The maximum Gasteiger partial charge on any atom is 0.420 e. The van der Waals surface area contributed by atoms with Crippen LogP contribution < -0.4 is 5.73 Å². The third-order valence-corrected chi connectivity index (χ3v) is 1.87. The smallest absolute Gasteiger partial charge is 0.420 e. The van der Waals surface area contributed by atoms with Crippen molar-refractivity contribution in [3.8, 4) is 5.75 Å². The lowest BCUT2D eigenvalue weighted by atomic mass is 10.1. The Kier molecular flexibility index (Phi) is 3.32. The highest BCUT2D eigenvalue weighted by Crippen LogP contribution is 2.42. The number of halogens is 5. The summed E-state index contributed by atoms with van der Waals surface area (Å²) in [5, 5.41) is 8.94. The fourth-order valence-electron chi connectivity index (χ4n) is 1.25. The van der Waals surface area contributed by atoms with Gasteiger partial charge in [-0.25, -0.2) is 8.78 Å². The van der Waals surface area contributed by atoms with Crippen LogP contribution in [0.3, 0.4) is 0 Å². The third-order valence-electron chi connectivity index (χ3n) is 1.87. The molecule has 0 saturated carbocycles. The van der Waals surface area contributed by atoms with Crippen molar-refractivity contribution in [1.82, 2.24) is 4.98 Å². The molecule has 0 aliphatic rings. The van der Waals surface area contributed by atoms with Gasteiger partial charge in [0.15, 0.2) is 0 Å². The molecule has 0 unspecified atom stereocenters. The number of pyridine rings is 1. The summed E-state index contributed by atoms with van der Waals surface area (Å²) in [5.41, 5.74) is 1.28. The maximum absolute atomic E-state index is 12.5. The Morgan fingerprint density at radius 3 is 2.31 bits per heavy atom. The summed E-state index contributed by atoms with van der Waals surface area (Å²) < 4.78 is 62.2. The molecule has 0 saturated heterocycles. The van der Waals surface area contributed by atoms with E-state index < -0.39 is 41.7 Å². The molecule has 0 radical (unpaired) electrons. The molecule has 16 heavy (non-hydrogen) atoms. The molecule has 1 rings (SSSR count). The first kappa shape index (κ1) is 12.6. The van der Waals surface area contributed by atoms with Crippen LogP contribution in [0, 0.1) is 0 Å². The minimum absolute atomic E-state index is 0.455. The predicted octanol–water partition coefficient (Wildman–Crippen LogP) is 2.20. The molecule has 1 aromatic rings. The minimum atomic E-state index is -5.08. The average molecular weight is 242 g/mol. The van der Waals surface area contributed by atoms with Crippen LogP contribution in [0.1, 0.15) is 23.2 Å². The number of rotatable bonds is 2. The van der Waals surface area contributed by atoms with E-state index in [1.54, 1.807) is 0 Å². The van der Waals surface area contributed by atoms with Gasteiger partial charge in [0.05, 0.1) is 17.5 Å². The van der Waals surface area contributed by atoms with Crippen molar-refractivity contribution in [3.63, 3.8) is 0 Å². The van der Waals surface area contributed by atoms with Crippen molar-refractivity contribution in [2.75, 3.05) is 0 Å². The largest absolute Gasteiger partial charge is 0.506 e. The lowest BCUT2D eigenvalue weighted by Gasteiger charge is -2.16. The lowest BCUT2D eigenvalue weighted by Crippen LogP contribution is -2.15. The summed E-state index contributed by atoms with van der Waals surface area (Å²) in [5.74, 6) is -1.33. The Hall–Kier alpha value is -1.44. The SMILES string of the molecule is NCc1ncc(O)c(C(F)(F)F)c1C(F)F. The van der Waals surface area contributed by atoms with Crippen molar-refractivity contribution < 1.29 is 27.1 Å². The molecule has 0 aromatic carbocycles. The van der Waals surface area contributed by atoms with Crippen LogP contribution in [0.5, 0.6) is 5.75 Å². The van der Waals surface area contributed by atoms with E-state index in [1.165, 1.54) is 0 Å². The van der Waals surface area contributed by atoms with Crippen LogP contribution in [0.25, 0.3) is 0 Å². The molecule has 0 bridgehead atoms. The number of hydrogen-bond acceptors (Lipinski definition) is 3. The van der Waals surface area contributed by atoms with Crippen molar-refractivity contribution in [3.05, 3.63) is 23.0 Å². The first-order valence-electron chi connectivity index (χ1n) is 4.05. The highest BCUT2D eigenvalue weighted by Gasteiger charge is 2.40.